The summed E-state index contributed by atoms with van der Waals surface area (Å²) in [6, 6.07) is 0. The number of anilines is 3. The van der Waals surface area contributed by atoms with Gasteiger partial charge in [-0.25, -0.2) is 0 Å². The number of aliphatic hydroxyl groups excluding tert-OH is 18. The summed E-state index contributed by atoms with van der Waals surface area (Å²) in [6.07, 6.45) is -15.4. The van der Waals surface area contributed by atoms with Gasteiger partial charge in [-0.3, -0.25) is 40.0 Å². The van der Waals surface area contributed by atoms with E-state index in [1.807, 2.05) is 0 Å². The molecule has 72 heavy (non-hydrogen) atoms. The Hall–Kier alpha value is -0.120. The van der Waals surface area contributed by atoms with E-state index in [-0.39, 0.29) is 0 Å². The normalized spacial score (nSPS) is 13.0. The van der Waals surface area contributed by atoms with Gasteiger partial charge in [-0.1, -0.05) is 0 Å². The molecule has 0 radical (unpaired) electrons. The average molecular weight is 1240 g/mol. The maximum atomic E-state index is 10.4. The second-order valence-corrected chi connectivity index (χ2v) is 40.9. The van der Waals surface area contributed by atoms with Crippen LogP contribution in [0.2, 0.25) is 0 Å². The minimum Gasteiger partial charge on any atom is -0.759 e. The Morgan fingerprint density at radius 1 is 0.264 bits per heavy atom. The van der Waals surface area contributed by atoms with E-state index in [1.165, 1.54) is 14.7 Å². The van der Waals surface area contributed by atoms with Crippen molar-refractivity contribution in [2.45, 2.75) is 0 Å². The van der Waals surface area contributed by atoms with Crippen molar-refractivity contribution in [2.75, 3.05) is 167 Å². The fourth-order valence-electron chi connectivity index (χ4n) is 5.06. The molecule has 0 bridgehead atoms. The predicted octanol–water partition coefficient (Wildman–Crippen LogP) is -8.78. The zero-order valence-electron chi connectivity index (χ0n) is 38.0. The molecule has 0 saturated heterocycles. The molecule has 1 aromatic heterocycles. The summed E-state index contributed by atoms with van der Waals surface area (Å²) >= 11 is 0. The Kier molecular flexibility index (Phi) is 37.4. The van der Waals surface area contributed by atoms with Crippen LogP contribution in [0, 0.1) is 0 Å². The number of hydrogen-bond donors (Lipinski definition) is 18. The molecule has 36 nitrogen and oxygen atoms in total. The van der Waals surface area contributed by atoms with Crippen LogP contribution in [0.1, 0.15) is 0 Å². The lowest BCUT2D eigenvalue weighted by atomic mass is 10.7. The van der Waals surface area contributed by atoms with Crippen LogP contribution in [0.25, 0.3) is 0 Å². The summed E-state index contributed by atoms with van der Waals surface area (Å²) in [6.45, 7) is 0. The highest BCUT2D eigenvalue weighted by molar-refractivity contribution is 7.80. The molecule has 0 aliphatic heterocycles. The van der Waals surface area contributed by atoms with E-state index in [0.29, 0.717) is 0 Å². The largest absolute Gasteiger partial charge is 0.759 e. The van der Waals surface area contributed by atoms with Crippen LogP contribution in [0.15, 0.2) is 0 Å². The van der Waals surface area contributed by atoms with Crippen molar-refractivity contribution in [1.82, 2.24) is 15.0 Å². The molecule has 0 fully saturated rings. The van der Waals surface area contributed by atoms with Gasteiger partial charge in [0.1, 0.15) is 81.3 Å². The molecule has 1 aromatic rings. The van der Waals surface area contributed by atoms with Crippen LogP contribution in [0.4, 0.5) is 17.8 Å². The quantitative estimate of drug-likeness (QED) is 0.0177. The standard InChI is InChI=1S/C27H66N6O18P6.3H2O4S/c34-7-52(8-35,9-36)1-31(2-53(10-37,11-38)12-39)25-28-26(32(3-54(13-40,14-41)15-42)4-55(16-43,17-44)18-45)30-27(29-25)33(5-56(19-46,20-47)21-48)6-57(22-49,23-50)24-51;3*1-5(2,3)4/h34-51H,1-24H2;3*(H2,1,2,3,4)/q+6;;;/p-6. The van der Waals surface area contributed by atoms with E-state index in [0.717, 1.165) is 0 Å². The molecule has 18 N–H and O–H groups in total. The first-order chi connectivity index (χ1) is 33.1. The van der Waals surface area contributed by atoms with Gasteiger partial charge in [0.25, 0.3) is 0 Å². The zero-order chi connectivity index (χ0) is 57.1. The summed E-state index contributed by atoms with van der Waals surface area (Å²) in [7, 11) is -34.6. The van der Waals surface area contributed by atoms with Crippen molar-refractivity contribution in [2.24, 2.45) is 0 Å². The molecule has 0 unspecified atom stereocenters. The Morgan fingerprint density at radius 2 is 0.347 bits per heavy atom. The third-order valence-electron chi connectivity index (χ3n) is 9.67. The molecule has 0 aliphatic carbocycles. The van der Waals surface area contributed by atoms with Crippen molar-refractivity contribution in [3.63, 3.8) is 0 Å². The second-order valence-electron chi connectivity index (χ2n) is 15.5. The predicted molar refractivity (Wildman–Crippen MR) is 257 cm³/mol. The van der Waals surface area contributed by atoms with Gasteiger partial charge in [0.2, 0.25) is 17.8 Å². The van der Waals surface area contributed by atoms with Gasteiger partial charge in [0.05, 0.1) is 0 Å². The van der Waals surface area contributed by atoms with Crippen molar-refractivity contribution >= 4 is 92.6 Å². The van der Waals surface area contributed by atoms with Crippen molar-refractivity contribution < 1.29 is 144 Å². The number of rotatable bonds is 33. The summed E-state index contributed by atoms with van der Waals surface area (Å²) < 4.78 is 102. The highest BCUT2D eigenvalue weighted by Gasteiger charge is 2.50. The van der Waals surface area contributed by atoms with E-state index in [9.17, 15) is 91.9 Å². The zero-order valence-corrected chi connectivity index (χ0v) is 45.8. The number of aromatic nitrogens is 3. The van der Waals surface area contributed by atoms with E-state index in [2.05, 4.69) is 15.0 Å². The van der Waals surface area contributed by atoms with Gasteiger partial charge in [0.15, 0.2) is 114 Å². The van der Waals surface area contributed by atoms with Crippen LogP contribution in [0.3, 0.4) is 0 Å². The van der Waals surface area contributed by atoms with E-state index < -0.39 is 245 Å². The third kappa shape index (κ3) is 28.5. The fraction of sp³-hybridized carbons (Fsp3) is 0.889. The molecule has 1 rings (SSSR count). The first-order valence-electron chi connectivity index (χ1n) is 19.2. The molecular weight excluding hydrogens is 1170 g/mol. The lowest BCUT2D eigenvalue weighted by Gasteiger charge is -2.35. The van der Waals surface area contributed by atoms with E-state index in [4.69, 9.17) is 52.6 Å². The van der Waals surface area contributed by atoms with Crippen LogP contribution >= 0.6 is 43.6 Å². The van der Waals surface area contributed by atoms with Crippen LogP contribution < -0.4 is 14.7 Å². The van der Waals surface area contributed by atoms with E-state index in [1.54, 1.807) is 0 Å². The van der Waals surface area contributed by atoms with Crippen molar-refractivity contribution in [1.29, 1.82) is 0 Å². The maximum Gasteiger partial charge on any atom is 0.237 e. The Balaban J connectivity index is -0.00000275. The summed E-state index contributed by atoms with van der Waals surface area (Å²) in [5.74, 6) is -1.19. The molecule has 0 saturated carbocycles. The number of nitrogens with zero attached hydrogens (tertiary/aromatic N) is 6. The molecular formula is C27H66N6O30P6S3. The van der Waals surface area contributed by atoms with Crippen LogP contribution in [0.5, 0.6) is 0 Å². The lowest BCUT2D eigenvalue weighted by Crippen LogP contribution is -2.39. The molecule has 432 valence electrons. The van der Waals surface area contributed by atoms with Gasteiger partial charge >= 0.3 is 0 Å². The molecule has 0 aromatic carbocycles. The summed E-state index contributed by atoms with van der Waals surface area (Å²) in [5, 5.41) is 187. The van der Waals surface area contributed by atoms with Crippen molar-refractivity contribution in [3.05, 3.63) is 0 Å². The smallest absolute Gasteiger partial charge is 0.237 e. The topological polar surface area (TPSA) is 653 Å². The van der Waals surface area contributed by atoms with Gasteiger partial charge in [-0.05, 0) is 0 Å². The lowest BCUT2D eigenvalue weighted by molar-refractivity contribution is 0.309. The maximum absolute atomic E-state index is 10.4. The van der Waals surface area contributed by atoms with E-state index >= 15 is 0 Å². The Morgan fingerprint density at radius 3 is 0.417 bits per heavy atom. The van der Waals surface area contributed by atoms with Crippen LogP contribution in [-0.2, 0) is 31.2 Å². The molecule has 0 atom stereocenters. The summed E-state index contributed by atoms with van der Waals surface area (Å²) in [4.78, 5) is 17.6. The molecule has 1 heterocycles. The highest BCUT2D eigenvalue weighted by Crippen LogP contribution is 2.64. The van der Waals surface area contributed by atoms with Crippen LogP contribution in [-0.4, -0.2) is 311 Å². The summed E-state index contributed by atoms with van der Waals surface area (Å²) in [5.41, 5.74) is 0. The van der Waals surface area contributed by atoms with Crippen molar-refractivity contribution in [3.8, 4) is 0 Å². The molecule has 0 amide bonds. The van der Waals surface area contributed by atoms with Gasteiger partial charge in [-0.15, -0.1) is 0 Å². The number of hydrogen-bond acceptors (Lipinski definition) is 36. The molecule has 0 aliphatic rings. The highest BCUT2D eigenvalue weighted by atomic mass is 32.3. The Bertz CT molecular complexity index is 1610. The minimum atomic E-state index is -5.17. The minimum absolute atomic E-state index is 0.395. The average Bonchev–Trinajstić information content (AvgIpc) is 3.34. The first kappa shape index (κ1) is 76.1. The monoisotopic (exact) mass is 1240 g/mol. The molecule has 45 heteroatoms. The van der Waals surface area contributed by atoms with Gasteiger partial charge in [0, 0.05) is 31.2 Å². The first-order valence-corrected chi connectivity index (χ1v) is 38.4. The van der Waals surface area contributed by atoms with Gasteiger partial charge < -0.3 is 119 Å². The number of aliphatic hydroxyl groups is 18. The fourth-order valence-corrected chi connectivity index (χ4v) is 14.5. The Labute approximate surface area is 417 Å². The van der Waals surface area contributed by atoms with Gasteiger partial charge in [-0.2, -0.15) is 15.0 Å². The second kappa shape index (κ2) is 35.4. The third-order valence-corrected chi connectivity index (χ3v) is 26.1. The SMILES string of the molecule is O=S(=O)([O-])[O-].O=S(=O)([O-])[O-].O=S(=O)([O-])[O-].OC[P+](CO)(CO)CN(C[P+](CO)(CO)CO)c1nc(N(C[P+](CO)(CO)CO)C[P+](CO)(CO)CO)nc(N(C[P+](CO)(CO)CO)C[P+](CO)(CO)CO)n1. The molecule has 0 spiro atoms.